The predicted octanol–water partition coefficient (Wildman–Crippen LogP) is 1.07. The summed E-state index contributed by atoms with van der Waals surface area (Å²) < 4.78 is 5.05. The highest BCUT2D eigenvalue weighted by atomic mass is 16.5. The first-order valence-corrected chi connectivity index (χ1v) is 7.58. The molecule has 0 bridgehead atoms. The van der Waals surface area contributed by atoms with Gasteiger partial charge >= 0.3 is 5.97 Å². The van der Waals surface area contributed by atoms with Crippen molar-refractivity contribution in [2.24, 2.45) is 5.92 Å². The number of carbonyl (C=O) groups is 2. The van der Waals surface area contributed by atoms with Crippen LogP contribution in [-0.2, 0) is 16.0 Å². The number of hydrogen-bond acceptors (Lipinski definition) is 7. The molecule has 2 heterocycles. The molecule has 2 rings (SSSR count). The lowest BCUT2D eigenvalue weighted by molar-refractivity contribution is -0.142. The number of carboxylic acids is 1. The molecule has 0 aliphatic rings. The molecule has 2 N–H and O–H groups in total. The summed E-state index contributed by atoms with van der Waals surface area (Å²) in [4.78, 5) is 35.2. The van der Waals surface area contributed by atoms with E-state index in [4.69, 9.17) is 9.63 Å². The lowest BCUT2D eigenvalue weighted by Crippen LogP contribution is -2.41. The molecule has 24 heavy (non-hydrogen) atoms. The van der Waals surface area contributed by atoms with Gasteiger partial charge in [0.05, 0.1) is 0 Å². The van der Waals surface area contributed by atoms with Gasteiger partial charge in [0, 0.05) is 25.2 Å². The van der Waals surface area contributed by atoms with Crippen molar-refractivity contribution in [1.82, 2.24) is 25.4 Å². The SMILES string of the molecule is CC(C)C[C@H](NC(=O)CCc1nc(-c2ncccn2)no1)C(=O)O. The number of aromatic nitrogens is 4. The van der Waals surface area contributed by atoms with Crippen molar-refractivity contribution in [3.05, 3.63) is 24.4 Å². The van der Waals surface area contributed by atoms with E-state index < -0.39 is 12.0 Å². The molecular formula is C15H19N5O4. The quantitative estimate of drug-likeness (QED) is 0.733. The second-order valence-corrected chi connectivity index (χ2v) is 5.67. The zero-order valence-corrected chi connectivity index (χ0v) is 13.5. The third-order valence-corrected chi connectivity index (χ3v) is 3.14. The lowest BCUT2D eigenvalue weighted by Gasteiger charge is -2.16. The first kappa shape index (κ1) is 17.5. The number of carbonyl (C=O) groups excluding carboxylic acids is 1. The summed E-state index contributed by atoms with van der Waals surface area (Å²) in [6.07, 6.45) is 3.76. The minimum Gasteiger partial charge on any atom is -0.480 e. The van der Waals surface area contributed by atoms with E-state index in [-0.39, 0.29) is 36.4 Å². The molecule has 0 aliphatic heterocycles. The zero-order chi connectivity index (χ0) is 17.5. The summed E-state index contributed by atoms with van der Waals surface area (Å²) in [5.74, 6) is -0.412. The first-order valence-electron chi connectivity index (χ1n) is 7.58. The van der Waals surface area contributed by atoms with Gasteiger partial charge in [-0.2, -0.15) is 4.98 Å². The van der Waals surface area contributed by atoms with Gasteiger partial charge in [-0.05, 0) is 18.4 Å². The monoisotopic (exact) mass is 333 g/mol. The lowest BCUT2D eigenvalue weighted by atomic mass is 10.0. The van der Waals surface area contributed by atoms with Crippen LogP contribution in [0.15, 0.2) is 23.0 Å². The Morgan fingerprint density at radius 3 is 2.58 bits per heavy atom. The van der Waals surface area contributed by atoms with E-state index >= 15 is 0 Å². The molecule has 0 saturated carbocycles. The highest BCUT2D eigenvalue weighted by molar-refractivity contribution is 5.83. The molecule has 0 unspecified atom stereocenters. The van der Waals surface area contributed by atoms with Crippen LogP contribution in [0.1, 0.15) is 32.6 Å². The first-order chi connectivity index (χ1) is 11.5. The summed E-state index contributed by atoms with van der Waals surface area (Å²) in [7, 11) is 0. The number of amides is 1. The van der Waals surface area contributed by atoms with Gasteiger partial charge in [-0.3, -0.25) is 4.79 Å². The largest absolute Gasteiger partial charge is 0.480 e. The Labute approximate surface area is 138 Å². The maximum atomic E-state index is 11.9. The van der Waals surface area contributed by atoms with Gasteiger partial charge in [0.25, 0.3) is 0 Å². The Hall–Kier alpha value is -2.84. The number of nitrogens with zero attached hydrogens (tertiary/aromatic N) is 4. The van der Waals surface area contributed by atoms with Crippen LogP contribution in [0.3, 0.4) is 0 Å². The summed E-state index contributed by atoms with van der Waals surface area (Å²) in [5, 5.41) is 15.4. The predicted molar refractivity (Wildman–Crippen MR) is 82.7 cm³/mol. The third kappa shape index (κ3) is 5.11. The van der Waals surface area contributed by atoms with Gasteiger partial charge in [-0.25, -0.2) is 14.8 Å². The zero-order valence-electron chi connectivity index (χ0n) is 13.5. The Kier molecular flexibility index (Phi) is 5.94. The van der Waals surface area contributed by atoms with Gasteiger partial charge in [-0.15, -0.1) is 0 Å². The van der Waals surface area contributed by atoms with Crippen LogP contribution in [0.5, 0.6) is 0 Å². The van der Waals surface area contributed by atoms with Crippen LogP contribution < -0.4 is 5.32 Å². The van der Waals surface area contributed by atoms with Crippen molar-refractivity contribution < 1.29 is 19.2 Å². The fourth-order valence-corrected chi connectivity index (χ4v) is 2.04. The summed E-state index contributed by atoms with van der Waals surface area (Å²) in [6.45, 7) is 3.79. The number of aryl methyl sites for hydroxylation is 1. The average molecular weight is 333 g/mol. The highest BCUT2D eigenvalue weighted by Gasteiger charge is 2.21. The van der Waals surface area contributed by atoms with E-state index in [0.717, 1.165) is 0 Å². The van der Waals surface area contributed by atoms with E-state index in [0.29, 0.717) is 12.2 Å². The molecule has 2 aromatic heterocycles. The Bertz CT molecular complexity index is 686. The van der Waals surface area contributed by atoms with Crippen molar-refractivity contribution in [3.8, 4) is 11.6 Å². The molecule has 0 spiro atoms. The molecular weight excluding hydrogens is 314 g/mol. The molecule has 128 valence electrons. The minimum absolute atomic E-state index is 0.0547. The molecule has 0 saturated heterocycles. The number of aliphatic carboxylic acids is 1. The van der Waals surface area contributed by atoms with Gasteiger partial charge in [0.2, 0.25) is 23.4 Å². The number of carboxylic acid groups (broad SMARTS) is 1. The topological polar surface area (TPSA) is 131 Å². The van der Waals surface area contributed by atoms with Crippen LogP contribution >= 0.6 is 0 Å². The molecule has 2 aromatic rings. The van der Waals surface area contributed by atoms with E-state index in [1.54, 1.807) is 18.5 Å². The van der Waals surface area contributed by atoms with Gasteiger partial charge in [0.1, 0.15) is 6.04 Å². The Morgan fingerprint density at radius 2 is 1.96 bits per heavy atom. The van der Waals surface area contributed by atoms with Crippen molar-refractivity contribution in [2.75, 3.05) is 0 Å². The van der Waals surface area contributed by atoms with E-state index in [1.165, 1.54) is 0 Å². The van der Waals surface area contributed by atoms with Gasteiger partial charge in [0.15, 0.2) is 0 Å². The fourth-order valence-electron chi connectivity index (χ4n) is 2.04. The van der Waals surface area contributed by atoms with Crippen LogP contribution in [0.25, 0.3) is 11.6 Å². The average Bonchev–Trinajstić information content (AvgIpc) is 3.01. The molecule has 1 amide bonds. The van der Waals surface area contributed by atoms with E-state index in [9.17, 15) is 9.59 Å². The van der Waals surface area contributed by atoms with Crippen LogP contribution in [0.4, 0.5) is 0 Å². The van der Waals surface area contributed by atoms with Crippen molar-refractivity contribution >= 4 is 11.9 Å². The standard InChI is InChI=1S/C15H19N5O4/c1-9(2)8-10(15(22)23)18-11(21)4-5-12-19-14(20-24-12)13-16-6-3-7-17-13/h3,6-7,9-10H,4-5,8H2,1-2H3,(H,18,21)(H,22,23)/t10-/m0/s1. The van der Waals surface area contributed by atoms with Crippen molar-refractivity contribution in [1.29, 1.82) is 0 Å². The summed E-state index contributed by atoms with van der Waals surface area (Å²) in [6, 6.07) is 0.777. The van der Waals surface area contributed by atoms with Crippen LogP contribution in [-0.4, -0.2) is 43.1 Å². The van der Waals surface area contributed by atoms with Crippen LogP contribution in [0.2, 0.25) is 0 Å². The number of nitrogens with one attached hydrogen (secondary N) is 1. The molecule has 0 fully saturated rings. The highest BCUT2D eigenvalue weighted by Crippen LogP contribution is 2.10. The maximum Gasteiger partial charge on any atom is 0.326 e. The summed E-state index contributed by atoms with van der Waals surface area (Å²) >= 11 is 0. The van der Waals surface area contributed by atoms with Crippen LogP contribution in [0, 0.1) is 5.92 Å². The third-order valence-electron chi connectivity index (χ3n) is 3.14. The number of rotatable bonds is 8. The summed E-state index contributed by atoms with van der Waals surface area (Å²) in [5.41, 5.74) is 0. The van der Waals surface area contributed by atoms with Crippen molar-refractivity contribution in [3.63, 3.8) is 0 Å². The normalized spacial score (nSPS) is 12.1. The van der Waals surface area contributed by atoms with Gasteiger partial charge < -0.3 is 14.9 Å². The smallest absolute Gasteiger partial charge is 0.326 e. The minimum atomic E-state index is -1.04. The molecule has 9 nitrogen and oxygen atoms in total. The maximum absolute atomic E-state index is 11.9. The van der Waals surface area contributed by atoms with E-state index in [2.05, 4.69) is 25.4 Å². The molecule has 0 aromatic carbocycles. The fraction of sp³-hybridized carbons (Fsp3) is 0.467. The molecule has 9 heteroatoms. The second-order valence-electron chi connectivity index (χ2n) is 5.67. The van der Waals surface area contributed by atoms with Crippen molar-refractivity contribution in [2.45, 2.75) is 39.2 Å². The van der Waals surface area contributed by atoms with Gasteiger partial charge in [-0.1, -0.05) is 19.0 Å². The Morgan fingerprint density at radius 1 is 1.25 bits per heavy atom. The molecule has 0 aliphatic carbocycles. The number of hydrogen-bond donors (Lipinski definition) is 2. The molecule has 1 atom stereocenters. The second kappa shape index (κ2) is 8.14. The molecule has 0 radical (unpaired) electrons. The Balaban J connectivity index is 1.88. The van der Waals surface area contributed by atoms with E-state index in [1.807, 2.05) is 13.8 Å².